The molecule has 1 aromatic rings. The Kier molecular flexibility index (Phi) is 3.62. The van der Waals surface area contributed by atoms with Crippen LogP contribution in [0.2, 0.25) is 0 Å². The maximum atomic E-state index is 5.69. The molecule has 2 rings (SSSR count). The molecular weight excluding hydrogens is 198 g/mol. The fraction of sp³-hybridized carbons (Fsp3) is 0.571. The lowest BCUT2D eigenvalue weighted by Gasteiger charge is -2.43. The van der Waals surface area contributed by atoms with Crippen molar-refractivity contribution >= 4 is 0 Å². The third kappa shape index (κ3) is 1.87. The van der Waals surface area contributed by atoms with Crippen LogP contribution in [0.5, 0.6) is 0 Å². The summed E-state index contributed by atoms with van der Waals surface area (Å²) < 4.78 is 5.69. The number of methoxy groups -OCH3 is 1. The van der Waals surface area contributed by atoms with Crippen molar-refractivity contribution in [1.82, 2.24) is 5.32 Å². The number of hydrogen-bond donors (Lipinski definition) is 1. The zero-order valence-electron chi connectivity index (χ0n) is 10.2. The quantitative estimate of drug-likeness (QED) is 0.844. The minimum absolute atomic E-state index is 0.00819. The van der Waals surface area contributed by atoms with Crippen LogP contribution in [0.25, 0.3) is 0 Å². The summed E-state index contributed by atoms with van der Waals surface area (Å²) in [5, 5.41) is 3.51. The second-order valence-electron chi connectivity index (χ2n) is 4.56. The fourth-order valence-corrected chi connectivity index (χ4v) is 2.96. The molecule has 0 amide bonds. The number of likely N-dealkylation sites (N-methyl/N-ethyl adjacent to an activating group) is 1. The summed E-state index contributed by atoms with van der Waals surface area (Å²) in [5.41, 5.74) is 1.36. The average Bonchev–Trinajstić information content (AvgIpc) is 2.39. The molecule has 1 aliphatic rings. The normalized spacial score (nSPS) is 30.2. The van der Waals surface area contributed by atoms with Gasteiger partial charge in [-0.05, 0) is 25.5 Å². The van der Waals surface area contributed by atoms with Gasteiger partial charge in [0.25, 0.3) is 0 Å². The van der Waals surface area contributed by atoms with E-state index in [1.807, 2.05) is 14.2 Å². The molecule has 0 radical (unpaired) electrons. The highest BCUT2D eigenvalue weighted by Gasteiger charge is 2.41. The van der Waals surface area contributed by atoms with E-state index in [9.17, 15) is 0 Å². The largest absolute Gasteiger partial charge is 0.379 e. The maximum absolute atomic E-state index is 5.69. The molecule has 1 N–H and O–H groups in total. The number of rotatable bonds is 3. The number of benzene rings is 1. The van der Waals surface area contributed by atoms with Gasteiger partial charge >= 0.3 is 0 Å². The highest BCUT2D eigenvalue weighted by Crippen LogP contribution is 2.38. The molecule has 16 heavy (non-hydrogen) atoms. The van der Waals surface area contributed by atoms with Crippen molar-refractivity contribution < 1.29 is 4.74 Å². The minimum Gasteiger partial charge on any atom is -0.379 e. The summed E-state index contributed by atoms with van der Waals surface area (Å²) in [6.45, 7) is 0. The van der Waals surface area contributed by atoms with Crippen molar-refractivity contribution in [2.45, 2.75) is 37.3 Å². The lowest BCUT2D eigenvalue weighted by Crippen LogP contribution is -2.52. The highest BCUT2D eigenvalue weighted by molar-refractivity contribution is 5.27. The van der Waals surface area contributed by atoms with Gasteiger partial charge in [-0.2, -0.15) is 0 Å². The zero-order valence-corrected chi connectivity index (χ0v) is 10.2. The fourth-order valence-electron chi connectivity index (χ4n) is 2.96. The van der Waals surface area contributed by atoms with E-state index in [2.05, 4.69) is 35.6 Å². The van der Waals surface area contributed by atoms with Crippen LogP contribution in [0.4, 0.5) is 0 Å². The second kappa shape index (κ2) is 4.98. The first kappa shape index (κ1) is 11.6. The average molecular weight is 219 g/mol. The first-order valence-corrected chi connectivity index (χ1v) is 6.11. The molecule has 0 heterocycles. The van der Waals surface area contributed by atoms with Crippen molar-refractivity contribution in [1.29, 1.82) is 0 Å². The van der Waals surface area contributed by atoms with Gasteiger partial charge in [0.2, 0.25) is 0 Å². The van der Waals surface area contributed by atoms with Gasteiger partial charge in [-0.25, -0.2) is 0 Å². The predicted molar refractivity (Wildman–Crippen MR) is 66.4 cm³/mol. The van der Waals surface area contributed by atoms with Gasteiger partial charge in [0.15, 0.2) is 0 Å². The van der Waals surface area contributed by atoms with Gasteiger partial charge < -0.3 is 10.1 Å². The molecule has 0 unspecified atom stereocenters. The van der Waals surface area contributed by atoms with Gasteiger partial charge in [0.1, 0.15) is 0 Å². The van der Waals surface area contributed by atoms with Crippen LogP contribution in [0, 0.1) is 0 Å². The molecule has 1 aromatic carbocycles. The van der Waals surface area contributed by atoms with Crippen molar-refractivity contribution in [3.8, 4) is 0 Å². The number of hydrogen-bond acceptors (Lipinski definition) is 2. The van der Waals surface area contributed by atoms with Crippen molar-refractivity contribution in [2.75, 3.05) is 14.2 Å². The summed E-state index contributed by atoms with van der Waals surface area (Å²) in [7, 11) is 3.87. The van der Waals surface area contributed by atoms with Crippen LogP contribution in [0.1, 0.15) is 31.2 Å². The Morgan fingerprint density at radius 3 is 2.62 bits per heavy atom. The van der Waals surface area contributed by atoms with Gasteiger partial charge in [-0.1, -0.05) is 43.2 Å². The number of nitrogens with one attached hydrogen (secondary N) is 1. The predicted octanol–water partition coefficient (Wildman–Crippen LogP) is 2.69. The zero-order chi connectivity index (χ0) is 11.4. The summed E-state index contributed by atoms with van der Waals surface area (Å²) in [5.74, 6) is 0. The molecule has 0 aliphatic heterocycles. The first-order chi connectivity index (χ1) is 7.83. The Balaban J connectivity index is 2.36. The highest BCUT2D eigenvalue weighted by atomic mass is 16.5. The summed E-state index contributed by atoms with van der Waals surface area (Å²) in [6, 6.07) is 10.7. The molecule has 0 bridgehead atoms. The Hall–Kier alpha value is -0.860. The third-order valence-corrected chi connectivity index (χ3v) is 3.86. The Morgan fingerprint density at radius 1 is 1.25 bits per heavy atom. The summed E-state index contributed by atoms with van der Waals surface area (Å²) in [4.78, 5) is 0. The SMILES string of the molecule is CN[C@]1(c2ccccc2)CCCC[C@@H]1OC. The van der Waals surface area contributed by atoms with Crippen LogP contribution in [0.3, 0.4) is 0 Å². The number of ether oxygens (including phenoxy) is 1. The Morgan fingerprint density at radius 2 is 2.00 bits per heavy atom. The molecule has 1 aliphatic carbocycles. The van der Waals surface area contributed by atoms with Crippen molar-refractivity contribution in [2.24, 2.45) is 0 Å². The van der Waals surface area contributed by atoms with Crippen LogP contribution in [0.15, 0.2) is 30.3 Å². The van der Waals surface area contributed by atoms with E-state index in [0.29, 0.717) is 0 Å². The van der Waals surface area contributed by atoms with Gasteiger partial charge in [0.05, 0.1) is 11.6 Å². The van der Waals surface area contributed by atoms with E-state index in [-0.39, 0.29) is 11.6 Å². The Labute approximate surface area is 98.0 Å². The smallest absolute Gasteiger partial charge is 0.0794 e. The molecule has 1 saturated carbocycles. The van der Waals surface area contributed by atoms with E-state index in [1.54, 1.807) is 0 Å². The van der Waals surface area contributed by atoms with Crippen LogP contribution >= 0.6 is 0 Å². The third-order valence-electron chi connectivity index (χ3n) is 3.86. The van der Waals surface area contributed by atoms with E-state index >= 15 is 0 Å². The minimum atomic E-state index is 0.00819. The summed E-state index contributed by atoms with van der Waals surface area (Å²) in [6.07, 6.45) is 5.14. The Bertz CT molecular complexity index is 325. The van der Waals surface area contributed by atoms with Gasteiger partial charge in [0, 0.05) is 7.11 Å². The monoisotopic (exact) mass is 219 g/mol. The molecule has 2 heteroatoms. The van der Waals surface area contributed by atoms with Crippen molar-refractivity contribution in [3.05, 3.63) is 35.9 Å². The molecule has 1 fully saturated rings. The standard InChI is InChI=1S/C14H21NO/c1-15-14(12-8-4-3-5-9-12)11-7-6-10-13(14)16-2/h3-5,8-9,13,15H,6-7,10-11H2,1-2H3/t13-,14-/m0/s1. The molecule has 88 valence electrons. The maximum Gasteiger partial charge on any atom is 0.0794 e. The first-order valence-electron chi connectivity index (χ1n) is 6.11. The molecule has 0 aromatic heterocycles. The van der Waals surface area contributed by atoms with Gasteiger partial charge in [-0.3, -0.25) is 0 Å². The van der Waals surface area contributed by atoms with Crippen LogP contribution in [-0.2, 0) is 10.3 Å². The molecular formula is C14H21NO. The van der Waals surface area contributed by atoms with E-state index in [0.717, 1.165) is 12.8 Å². The van der Waals surface area contributed by atoms with E-state index in [4.69, 9.17) is 4.74 Å². The van der Waals surface area contributed by atoms with Crippen molar-refractivity contribution in [3.63, 3.8) is 0 Å². The van der Waals surface area contributed by atoms with E-state index < -0.39 is 0 Å². The van der Waals surface area contributed by atoms with Crippen LogP contribution in [-0.4, -0.2) is 20.3 Å². The van der Waals surface area contributed by atoms with Gasteiger partial charge in [-0.15, -0.1) is 0 Å². The molecule has 0 spiro atoms. The molecule has 2 nitrogen and oxygen atoms in total. The van der Waals surface area contributed by atoms with E-state index in [1.165, 1.54) is 18.4 Å². The lowest BCUT2D eigenvalue weighted by atomic mass is 9.74. The lowest BCUT2D eigenvalue weighted by molar-refractivity contribution is -0.0118. The second-order valence-corrected chi connectivity index (χ2v) is 4.56. The van der Waals surface area contributed by atoms with Crippen LogP contribution < -0.4 is 5.32 Å². The summed E-state index contributed by atoms with van der Waals surface area (Å²) >= 11 is 0. The molecule has 2 atom stereocenters. The topological polar surface area (TPSA) is 21.3 Å². The molecule has 0 saturated heterocycles.